The van der Waals surface area contributed by atoms with Crippen molar-refractivity contribution in [2.24, 2.45) is 0 Å². The van der Waals surface area contributed by atoms with Crippen LogP contribution in [-0.2, 0) is 29.1 Å². The third-order valence-electron chi connectivity index (χ3n) is 9.18. The van der Waals surface area contributed by atoms with Gasteiger partial charge >= 0.3 is 6.03 Å². The molecule has 46 heavy (non-hydrogen) atoms. The summed E-state index contributed by atoms with van der Waals surface area (Å²) in [6, 6.07) is 23.8. The van der Waals surface area contributed by atoms with Crippen LogP contribution >= 0.6 is 0 Å². The van der Waals surface area contributed by atoms with Crippen LogP contribution in [0.15, 0.2) is 78.9 Å². The molecular formula is C36H44N6O4. The second-order valence-electron chi connectivity index (χ2n) is 12.5. The Morgan fingerprint density at radius 2 is 1.63 bits per heavy atom. The molecule has 0 aliphatic carbocycles. The highest BCUT2D eigenvalue weighted by atomic mass is 16.3. The van der Waals surface area contributed by atoms with Gasteiger partial charge in [0.1, 0.15) is 18.0 Å². The molecule has 4 amide bonds. The van der Waals surface area contributed by atoms with E-state index in [1.807, 2.05) is 59.3 Å². The van der Waals surface area contributed by atoms with Crippen LogP contribution in [0.1, 0.15) is 49.3 Å². The van der Waals surface area contributed by atoms with Gasteiger partial charge in [-0.15, -0.1) is 0 Å². The van der Waals surface area contributed by atoms with Crippen molar-refractivity contribution in [2.45, 2.75) is 64.3 Å². The van der Waals surface area contributed by atoms with E-state index in [2.05, 4.69) is 22.3 Å². The number of benzene rings is 3. The maximum atomic E-state index is 14.3. The molecule has 2 N–H and O–H groups in total. The second-order valence-corrected chi connectivity index (χ2v) is 12.5. The average Bonchev–Trinajstić information content (AvgIpc) is 3.07. The van der Waals surface area contributed by atoms with E-state index in [-0.39, 0.29) is 43.1 Å². The van der Waals surface area contributed by atoms with E-state index < -0.39 is 12.2 Å². The average molecular weight is 625 g/mol. The molecule has 10 heteroatoms. The van der Waals surface area contributed by atoms with E-state index in [1.165, 1.54) is 19.3 Å². The Hall–Kier alpha value is -4.57. The molecule has 0 spiro atoms. The maximum Gasteiger partial charge on any atom is 0.334 e. The largest absolute Gasteiger partial charge is 0.508 e. The number of phenols is 1. The highest BCUT2D eigenvalue weighted by Crippen LogP contribution is 2.30. The number of aromatic hydroxyl groups is 1. The number of urea groups is 1. The fourth-order valence-electron chi connectivity index (χ4n) is 6.92. The van der Waals surface area contributed by atoms with E-state index in [1.54, 1.807) is 34.2 Å². The summed E-state index contributed by atoms with van der Waals surface area (Å²) >= 11 is 0. The molecule has 3 heterocycles. The van der Waals surface area contributed by atoms with E-state index in [0.717, 1.165) is 41.9 Å². The van der Waals surface area contributed by atoms with Crippen LogP contribution in [-0.4, -0.2) is 87.7 Å². The van der Waals surface area contributed by atoms with Crippen LogP contribution in [0.4, 0.5) is 10.5 Å². The summed E-state index contributed by atoms with van der Waals surface area (Å²) < 4.78 is 0. The standard InChI is InChI=1S/C36H44N6O4/c1-2-18-40-26-34(44)41-32(22-27-14-16-31(43)17-15-27)35(45)39(24-29-12-9-13-30(21-29)38-19-7-4-8-20-38)25-33(41)42(40)36(46)37-23-28-10-5-3-6-11-28/h3,5-6,9-17,21,32-33,43H,2,4,7-8,18-20,22-26H2,1H3,(H,37,46)/t32-,33-/m0/s1. The maximum absolute atomic E-state index is 14.3. The number of piperazine rings is 1. The molecule has 0 aromatic heterocycles. The molecule has 0 saturated carbocycles. The number of nitrogens with one attached hydrogen (secondary N) is 1. The minimum Gasteiger partial charge on any atom is -0.508 e. The second kappa shape index (κ2) is 14.2. The van der Waals surface area contributed by atoms with Gasteiger partial charge < -0.3 is 25.1 Å². The van der Waals surface area contributed by atoms with Gasteiger partial charge in [0.25, 0.3) is 0 Å². The number of fused-ring (bicyclic) bond motifs is 1. The van der Waals surface area contributed by atoms with E-state index in [4.69, 9.17) is 0 Å². The summed E-state index contributed by atoms with van der Waals surface area (Å²) in [5.74, 6) is -0.179. The number of anilines is 1. The van der Waals surface area contributed by atoms with Gasteiger partial charge in [-0.3, -0.25) is 9.59 Å². The smallest absolute Gasteiger partial charge is 0.334 e. The van der Waals surface area contributed by atoms with Crippen LogP contribution in [0.2, 0.25) is 0 Å². The van der Waals surface area contributed by atoms with Crippen molar-refractivity contribution >= 4 is 23.5 Å². The molecule has 0 bridgehead atoms. The molecule has 10 nitrogen and oxygen atoms in total. The third kappa shape index (κ3) is 6.97. The van der Waals surface area contributed by atoms with E-state index in [0.29, 0.717) is 19.6 Å². The van der Waals surface area contributed by atoms with Crippen molar-refractivity contribution < 1.29 is 19.5 Å². The van der Waals surface area contributed by atoms with Crippen LogP contribution in [0.3, 0.4) is 0 Å². The van der Waals surface area contributed by atoms with E-state index >= 15 is 0 Å². The van der Waals surface area contributed by atoms with Gasteiger partial charge in [-0.1, -0.05) is 61.5 Å². The first-order valence-electron chi connectivity index (χ1n) is 16.5. The number of amides is 4. The van der Waals surface area contributed by atoms with Gasteiger partial charge in [-0.25, -0.2) is 14.8 Å². The predicted octanol–water partition coefficient (Wildman–Crippen LogP) is 4.34. The predicted molar refractivity (Wildman–Crippen MR) is 177 cm³/mol. The van der Waals surface area contributed by atoms with Crippen molar-refractivity contribution in [1.82, 2.24) is 25.1 Å². The molecule has 3 aromatic carbocycles. The number of piperidine rings is 1. The van der Waals surface area contributed by atoms with Gasteiger partial charge in [-0.2, -0.15) is 0 Å². The normalized spacial score (nSPS) is 20.5. The molecular weight excluding hydrogens is 580 g/mol. The number of nitrogens with zero attached hydrogens (tertiary/aromatic N) is 5. The lowest BCUT2D eigenvalue weighted by molar-refractivity contribution is -0.190. The van der Waals surface area contributed by atoms with Crippen molar-refractivity contribution in [3.63, 3.8) is 0 Å². The highest BCUT2D eigenvalue weighted by Gasteiger charge is 2.51. The summed E-state index contributed by atoms with van der Waals surface area (Å²) in [6.07, 6.45) is 3.96. The number of phenolic OH excluding ortho intramolecular Hbond substituents is 1. The summed E-state index contributed by atoms with van der Waals surface area (Å²) in [5.41, 5.74) is 3.98. The Morgan fingerprint density at radius 1 is 0.891 bits per heavy atom. The minimum absolute atomic E-state index is 0.0142. The number of carbonyl (C=O) groups is 3. The molecule has 6 rings (SSSR count). The van der Waals surface area contributed by atoms with Crippen molar-refractivity contribution in [3.05, 3.63) is 95.6 Å². The number of carbonyl (C=O) groups excluding carboxylic acids is 3. The van der Waals surface area contributed by atoms with Crippen molar-refractivity contribution in [1.29, 1.82) is 0 Å². The summed E-state index contributed by atoms with van der Waals surface area (Å²) in [5, 5.41) is 16.4. The molecule has 0 unspecified atom stereocenters. The number of hydrogen-bond donors (Lipinski definition) is 2. The Labute approximate surface area is 271 Å². The molecule has 0 radical (unpaired) electrons. The van der Waals surface area contributed by atoms with Crippen LogP contribution in [0, 0.1) is 0 Å². The van der Waals surface area contributed by atoms with Crippen LogP contribution in [0.25, 0.3) is 0 Å². The van der Waals surface area contributed by atoms with Gasteiger partial charge in [-0.05, 0) is 66.6 Å². The molecule has 242 valence electrons. The molecule has 3 aliphatic heterocycles. The lowest BCUT2D eigenvalue weighted by Gasteiger charge is -2.55. The topological polar surface area (TPSA) is 99.7 Å². The van der Waals surface area contributed by atoms with Crippen LogP contribution in [0.5, 0.6) is 5.75 Å². The van der Waals surface area contributed by atoms with Gasteiger partial charge in [0.15, 0.2) is 0 Å². The fraction of sp³-hybridized carbons (Fsp3) is 0.417. The molecule has 3 fully saturated rings. The highest BCUT2D eigenvalue weighted by molar-refractivity contribution is 5.91. The first-order chi connectivity index (χ1) is 22.4. The lowest BCUT2D eigenvalue weighted by Crippen LogP contribution is -2.76. The zero-order valence-corrected chi connectivity index (χ0v) is 26.6. The first-order valence-corrected chi connectivity index (χ1v) is 16.5. The first kappa shape index (κ1) is 31.4. The summed E-state index contributed by atoms with van der Waals surface area (Å²) in [7, 11) is 0. The summed E-state index contributed by atoms with van der Waals surface area (Å²) in [4.78, 5) is 48.0. The molecule has 3 aromatic rings. The number of hydrogen-bond acceptors (Lipinski definition) is 6. The quantitative estimate of drug-likeness (QED) is 0.368. The van der Waals surface area contributed by atoms with Gasteiger partial charge in [0.2, 0.25) is 11.8 Å². The Kier molecular flexibility index (Phi) is 9.73. The van der Waals surface area contributed by atoms with E-state index in [9.17, 15) is 19.5 Å². The van der Waals surface area contributed by atoms with Crippen molar-refractivity contribution in [3.8, 4) is 5.75 Å². The zero-order valence-electron chi connectivity index (χ0n) is 26.6. The van der Waals surface area contributed by atoms with Gasteiger partial charge in [0, 0.05) is 44.8 Å². The molecule has 3 aliphatic rings. The molecule has 3 saturated heterocycles. The number of hydrazine groups is 1. The van der Waals surface area contributed by atoms with Crippen LogP contribution < -0.4 is 10.2 Å². The minimum atomic E-state index is -0.797. The lowest BCUT2D eigenvalue weighted by atomic mass is 9.98. The monoisotopic (exact) mass is 624 g/mol. The Morgan fingerprint density at radius 3 is 2.37 bits per heavy atom. The van der Waals surface area contributed by atoms with Crippen molar-refractivity contribution in [2.75, 3.05) is 37.6 Å². The summed E-state index contributed by atoms with van der Waals surface area (Å²) in [6.45, 7) is 5.54. The zero-order chi connectivity index (χ0) is 32.0. The third-order valence-corrected chi connectivity index (χ3v) is 9.18. The number of rotatable bonds is 9. The Bertz CT molecular complexity index is 1510. The van der Waals surface area contributed by atoms with Gasteiger partial charge in [0.05, 0.1) is 13.1 Å². The fourth-order valence-corrected chi connectivity index (χ4v) is 6.92. The molecule has 2 atom stereocenters. The Balaban J connectivity index is 1.32. The SMILES string of the molecule is CCCN1CC(=O)N2[C@@H](Cc3ccc(O)cc3)C(=O)N(Cc3cccc(N4CCCCC4)c3)C[C@@H]2N1C(=O)NCc1ccccc1.